The molecule has 0 spiro atoms. The van der Waals surface area contributed by atoms with Crippen molar-refractivity contribution in [1.29, 1.82) is 0 Å². The Hall–Kier alpha value is -7.24. The van der Waals surface area contributed by atoms with Gasteiger partial charge in [0.2, 0.25) is 0 Å². The molecule has 0 aliphatic rings. The zero-order valence-electron chi connectivity index (χ0n) is 28.4. The molecule has 53 heavy (non-hydrogen) atoms. The topological polar surface area (TPSA) is 64.7 Å². The summed E-state index contributed by atoms with van der Waals surface area (Å²) < 4.78 is 6.70. The van der Waals surface area contributed by atoms with Gasteiger partial charge in [-0.3, -0.25) is 0 Å². The highest BCUT2D eigenvalue weighted by Gasteiger charge is 2.22. The van der Waals surface area contributed by atoms with E-state index >= 15 is 0 Å². The van der Waals surface area contributed by atoms with Crippen molar-refractivity contribution >= 4 is 65.3 Å². The van der Waals surface area contributed by atoms with Crippen LogP contribution in [-0.4, -0.2) is 19.9 Å². The number of rotatable bonds is 4. The van der Waals surface area contributed by atoms with Gasteiger partial charge in [-0.05, 0) is 44.5 Å². The van der Waals surface area contributed by atoms with E-state index in [0.29, 0.717) is 17.2 Å². The highest BCUT2D eigenvalue weighted by Crippen LogP contribution is 2.41. The summed E-state index contributed by atoms with van der Waals surface area (Å²) in [6.07, 6.45) is 0. The molecule has 5 nitrogen and oxygen atoms in total. The summed E-state index contributed by atoms with van der Waals surface area (Å²) in [4.78, 5) is 20.6. The molecule has 0 bridgehead atoms. The molecule has 0 fully saturated rings. The molecular weight excluding hydrogens is 649 g/mol. The van der Waals surface area contributed by atoms with Crippen LogP contribution in [0.2, 0.25) is 0 Å². The Labute approximate surface area is 303 Å². The number of aromatic nitrogens is 4. The van der Waals surface area contributed by atoms with Gasteiger partial charge < -0.3 is 4.42 Å². The molecule has 246 valence electrons. The molecule has 3 aromatic heterocycles. The van der Waals surface area contributed by atoms with Crippen LogP contribution in [0.5, 0.6) is 0 Å². The highest BCUT2D eigenvalue weighted by molar-refractivity contribution is 6.20. The maximum atomic E-state index is 6.70. The van der Waals surface area contributed by atoms with Gasteiger partial charge in [0.1, 0.15) is 16.8 Å². The standard InChI is InChI=1S/C48H28N4O/c1-2-13-32(14-3-1)47-49-40-20-9-8-17-39(40)43(50-47)31-21-23-33(24-22-31)48-51-44(38-19-10-18-36-34-15-6-4-11-29(34)25-27-37(36)38)46-45(52-48)42-35-16-7-5-12-30(35)26-28-41(42)53-46/h1-28H. The van der Waals surface area contributed by atoms with E-state index in [9.17, 15) is 0 Å². The molecule has 0 amide bonds. The number of nitrogens with zero attached hydrogens (tertiary/aromatic N) is 4. The SMILES string of the molecule is c1ccc(-c2nc(-c3ccc(-c4nc(-c5cccc6c5ccc5ccccc56)c5oc6ccc7ccccc7c6c5n4)cc3)c3ccccc3n2)cc1. The van der Waals surface area contributed by atoms with Gasteiger partial charge in [-0.25, -0.2) is 19.9 Å². The van der Waals surface area contributed by atoms with Gasteiger partial charge in [0.25, 0.3) is 0 Å². The molecule has 0 saturated carbocycles. The molecule has 0 radical (unpaired) electrons. The van der Waals surface area contributed by atoms with Gasteiger partial charge in [0.05, 0.1) is 16.6 Å². The third kappa shape index (κ3) is 4.71. The first-order valence-corrected chi connectivity index (χ1v) is 17.7. The molecule has 0 aliphatic heterocycles. The smallest absolute Gasteiger partial charge is 0.180 e. The average molecular weight is 677 g/mol. The molecule has 0 saturated heterocycles. The van der Waals surface area contributed by atoms with E-state index in [1.165, 1.54) is 16.2 Å². The van der Waals surface area contributed by atoms with Crippen LogP contribution in [0.15, 0.2) is 174 Å². The van der Waals surface area contributed by atoms with Crippen LogP contribution in [0.1, 0.15) is 0 Å². The molecule has 11 aromatic rings. The predicted octanol–water partition coefficient (Wildman–Crippen LogP) is 12.4. The third-order valence-corrected chi connectivity index (χ3v) is 10.3. The van der Waals surface area contributed by atoms with Crippen molar-refractivity contribution in [3.63, 3.8) is 0 Å². The van der Waals surface area contributed by atoms with Crippen LogP contribution in [0.3, 0.4) is 0 Å². The first-order chi connectivity index (χ1) is 26.3. The fourth-order valence-corrected chi connectivity index (χ4v) is 7.76. The quantitative estimate of drug-likeness (QED) is 0.174. The molecule has 0 aliphatic carbocycles. The maximum Gasteiger partial charge on any atom is 0.180 e. The zero-order chi connectivity index (χ0) is 34.9. The summed E-state index contributed by atoms with van der Waals surface area (Å²) in [6.45, 7) is 0. The monoisotopic (exact) mass is 676 g/mol. The molecule has 3 heterocycles. The van der Waals surface area contributed by atoms with E-state index in [4.69, 9.17) is 24.4 Å². The third-order valence-electron chi connectivity index (χ3n) is 10.3. The number of hydrogen-bond donors (Lipinski definition) is 0. The minimum atomic E-state index is 0.630. The van der Waals surface area contributed by atoms with Crippen molar-refractivity contribution in [3.8, 4) is 45.3 Å². The molecular formula is C48H28N4O. The van der Waals surface area contributed by atoms with E-state index in [0.717, 1.165) is 77.2 Å². The fourth-order valence-electron chi connectivity index (χ4n) is 7.76. The Morgan fingerprint density at radius 2 is 0.981 bits per heavy atom. The molecule has 11 rings (SSSR count). The second-order valence-electron chi connectivity index (χ2n) is 13.4. The Morgan fingerprint density at radius 3 is 1.83 bits per heavy atom. The summed E-state index contributed by atoms with van der Waals surface area (Å²) in [7, 11) is 0. The Morgan fingerprint density at radius 1 is 0.358 bits per heavy atom. The van der Waals surface area contributed by atoms with Gasteiger partial charge >= 0.3 is 0 Å². The van der Waals surface area contributed by atoms with E-state index in [1.54, 1.807) is 0 Å². The van der Waals surface area contributed by atoms with Crippen LogP contribution in [0.4, 0.5) is 0 Å². The summed E-state index contributed by atoms with van der Waals surface area (Å²) in [5.74, 6) is 1.33. The van der Waals surface area contributed by atoms with E-state index in [-0.39, 0.29) is 0 Å². The Balaban J connectivity index is 1.14. The van der Waals surface area contributed by atoms with Crippen LogP contribution in [0.25, 0.3) is 111 Å². The van der Waals surface area contributed by atoms with Crippen molar-refractivity contribution in [2.24, 2.45) is 0 Å². The van der Waals surface area contributed by atoms with Crippen molar-refractivity contribution < 1.29 is 4.42 Å². The van der Waals surface area contributed by atoms with Crippen LogP contribution >= 0.6 is 0 Å². The number of furan rings is 1. The Kier molecular flexibility index (Phi) is 6.48. The largest absolute Gasteiger partial charge is 0.452 e. The van der Waals surface area contributed by atoms with Crippen molar-refractivity contribution in [2.45, 2.75) is 0 Å². The number of benzene rings is 8. The maximum absolute atomic E-state index is 6.70. The molecule has 5 heteroatoms. The van der Waals surface area contributed by atoms with Gasteiger partial charge in [-0.15, -0.1) is 0 Å². The van der Waals surface area contributed by atoms with Crippen LogP contribution < -0.4 is 0 Å². The van der Waals surface area contributed by atoms with E-state index < -0.39 is 0 Å². The van der Waals surface area contributed by atoms with Gasteiger partial charge in [0.15, 0.2) is 17.2 Å². The normalized spacial score (nSPS) is 11.8. The second-order valence-corrected chi connectivity index (χ2v) is 13.4. The number of fused-ring (bicyclic) bond motifs is 9. The first-order valence-electron chi connectivity index (χ1n) is 17.7. The zero-order valence-corrected chi connectivity index (χ0v) is 28.4. The van der Waals surface area contributed by atoms with E-state index in [2.05, 4.69) is 115 Å². The summed E-state index contributed by atoms with van der Waals surface area (Å²) in [5.41, 5.74) is 8.70. The number of para-hydroxylation sites is 1. The lowest BCUT2D eigenvalue weighted by Crippen LogP contribution is -1.96. The molecule has 0 N–H and O–H groups in total. The average Bonchev–Trinajstić information content (AvgIpc) is 3.62. The molecule has 8 aromatic carbocycles. The lowest BCUT2D eigenvalue weighted by molar-refractivity contribution is 0.667. The Bertz CT molecular complexity index is 3220. The van der Waals surface area contributed by atoms with Crippen molar-refractivity contribution in [3.05, 3.63) is 170 Å². The summed E-state index contributed by atoms with van der Waals surface area (Å²) in [5, 5.41) is 8.92. The predicted molar refractivity (Wildman–Crippen MR) is 217 cm³/mol. The van der Waals surface area contributed by atoms with Gasteiger partial charge in [-0.1, -0.05) is 158 Å². The molecule has 0 atom stereocenters. The van der Waals surface area contributed by atoms with Gasteiger partial charge in [0, 0.05) is 27.6 Å². The second kappa shape index (κ2) is 11.7. The molecule has 0 unspecified atom stereocenters. The van der Waals surface area contributed by atoms with Crippen LogP contribution in [0, 0.1) is 0 Å². The highest BCUT2D eigenvalue weighted by atomic mass is 16.3. The van der Waals surface area contributed by atoms with Crippen molar-refractivity contribution in [1.82, 2.24) is 19.9 Å². The fraction of sp³-hybridized carbons (Fsp3) is 0. The van der Waals surface area contributed by atoms with Crippen molar-refractivity contribution in [2.75, 3.05) is 0 Å². The minimum absolute atomic E-state index is 0.630. The van der Waals surface area contributed by atoms with Gasteiger partial charge in [-0.2, -0.15) is 0 Å². The lowest BCUT2D eigenvalue weighted by atomic mass is 9.96. The summed E-state index contributed by atoms with van der Waals surface area (Å²) in [6, 6.07) is 58.6. The lowest BCUT2D eigenvalue weighted by Gasteiger charge is -2.12. The minimum Gasteiger partial charge on any atom is -0.452 e. The van der Waals surface area contributed by atoms with Crippen LogP contribution in [-0.2, 0) is 0 Å². The first kappa shape index (κ1) is 29.5. The number of hydrogen-bond acceptors (Lipinski definition) is 5. The summed E-state index contributed by atoms with van der Waals surface area (Å²) >= 11 is 0. The van der Waals surface area contributed by atoms with E-state index in [1.807, 2.05) is 54.6 Å².